The van der Waals surface area contributed by atoms with Gasteiger partial charge in [-0.25, -0.2) is 0 Å². The number of aryl methyl sites for hydroxylation is 1. The van der Waals surface area contributed by atoms with Gasteiger partial charge < -0.3 is 14.7 Å². The second kappa shape index (κ2) is 8.65. The molecule has 2 aliphatic rings. The van der Waals surface area contributed by atoms with E-state index < -0.39 is 0 Å². The molecule has 5 rings (SSSR count). The van der Waals surface area contributed by atoms with E-state index >= 15 is 0 Å². The quantitative estimate of drug-likeness (QED) is 0.638. The lowest BCUT2D eigenvalue weighted by atomic mass is 10.00. The summed E-state index contributed by atoms with van der Waals surface area (Å²) < 4.78 is 5.55. The normalized spacial score (nSPS) is 18.9. The van der Waals surface area contributed by atoms with Gasteiger partial charge >= 0.3 is 0 Å². The van der Waals surface area contributed by atoms with Crippen LogP contribution in [0.3, 0.4) is 0 Å². The number of rotatable bonds is 5. The van der Waals surface area contributed by atoms with E-state index in [2.05, 4.69) is 27.3 Å². The van der Waals surface area contributed by atoms with Crippen molar-refractivity contribution >= 4 is 17.5 Å². The van der Waals surface area contributed by atoms with Gasteiger partial charge in [0.25, 0.3) is 5.91 Å². The molecule has 2 aliphatic heterocycles. The number of aromatic nitrogens is 2. The molecule has 1 N–H and O–H groups in total. The Labute approximate surface area is 192 Å². The van der Waals surface area contributed by atoms with Crippen LogP contribution in [-0.4, -0.2) is 51.5 Å². The van der Waals surface area contributed by atoms with Crippen molar-refractivity contribution < 1.29 is 9.32 Å². The van der Waals surface area contributed by atoms with Gasteiger partial charge in [-0.2, -0.15) is 4.98 Å². The Morgan fingerprint density at radius 3 is 2.81 bits per heavy atom. The predicted octanol–water partition coefficient (Wildman–Crippen LogP) is 3.65. The molecule has 8 heteroatoms. The van der Waals surface area contributed by atoms with E-state index in [1.165, 1.54) is 0 Å². The van der Waals surface area contributed by atoms with Gasteiger partial charge in [0.1, 0.15) is 0 Å². The zero-order valence-corrected chi connectivity index (χ0v) is 19.0. The van der Waals surface area contributed by atoms with Crippen LogP contribution in [0.15, 0.2) is 40.9 Å². The number of hydrogen-bond donors (Lipinski definition) is 1. The molecule has 0 aliphatic carbocycles. The highest BCUT2D eigenvalue weighted by molar-refractivity contribution is 6.30. The number of nitrogens with zero attached hydrogens (tertiary/aromatic N) is 4. The fourth-order valence-electron chi connectivity index (χ4n) is 4.52. The Bertz CT molecular complexity index is 1140. The van der Waals surface area contributed by atoms with Crippen LogP contribution in [0.2, 0.25) is 5.02 Å². The SMILES string of the molecule is Cc1cc(-c2noc(CN3CCNC[C@H]3C)n2)cc2c1C(=O)N(Cc1ccc(Cl)cc1)C2. The highest BCUT2D eigenvalue weighted by Gasteiger charge is 2.30. The van der Waals surface area contributed by atoms with Crippen LogP contribution < -0.4 is 5.32 Å². The number of carbonyl (C=O) groups is 1. The molecule has 0 bridgehead atoms. The Morgan fingerprint density at radius 1 is 1.22 bits per heavy atom. The maximum Gasteiger partial charge on any atom is 0.255 e. The molecule has 0 saturated carbocycles. The molecule has 0 spiro atoms. The van der Waals surface area contributed by atoms with Crippen LogP contribution in [0, 0.1) is 6.92 Å². The van der Waals surface area contributed by atoms with Crippen LogP contribution in [-0.2, 0) is 19.6 Å². The molecule has 1 saturated heterocycles. The first-order chi connectivity index (χ1) is 15.5. The summed E-state index contributed by atoms with van der Waals surface area (Å²) in [5, 5.41) is 8.30. The van der Waals surface area contributed by atoms with Crippen molar-refractivity contribution in [2.45, 2.75) is 39.5 Å². The summed E-state index contributed by atoms with van der Waals surface area (Å²) in [6.45, 7) is 8.82. The minimum atomic E-state index is 0.0560. The molecule has 2 aromatic carbocycles. The molecule has 32 heavy (non-hydrogen) atoms. The van der Waals surface area contributed by atoms with Crippen molar-refractivity contribution in [3.05, 3.63) is 69.6 Å². The third-order valence-corrected chi connectivity index (χ3v) is 6.52. The first-order valence-electron chi connectivity index (χ1n) is 10.9. The van der Waals surface area contributed by atoms with Gasteiger partial charge in [0.05, 0.1) is 6.54 Å². The largest absolute Gasteiger partial charge is 0.338 e. The minimum Gasteiger partial charge on any atom is -0.338 e. The van der Waals surface area contributed by atoms with E-state index in [4.69, 9.17) is 16.1 Å². The molecule has 3 heterocycles. The molecule has 166 valence electrons. The van der Waals surface area contributed by atoms with Crippen LogP contribution in [0.25, 0.3) is 11.4 Å². The van der Waals surface area contributed by atoms with Gasteiger partial charge in [-0.1, -0.05) is 28.9 Å². The average molecular weight is 452 g/mol. The number of nitrogens with one attached hydrogen (secondary N) is 1. The number of benzene rings is 2. The van der Waals surface area contributed by atoms with Crippen molar-refractivity contribution in [2.24, 2.45) is 0 Å². The lowest BCUT2D eigenvalue weighted by Gasteiger charge is -2.32. The van der Waals surface area contributed by atoms with Gasteiger partial charge in [-0.05, 0) is 54.8 Å². The maximum atomic E-state index is 13.0. The summed E-state index contributed by atoms with van der Waals surface area (Å²) in [4.78, 5) is 21.9. The van der Waals surface area contributed by atoms with Gasteiger partial charge in [-0.15, -0.1) is 0 Å². The molecule has 1 fully saturated rings. The van der Waals surface area contributed by atoms with Crippen molar-refractivity contribution in [1.29, 1.82) is 0 Å². The molecular formula is C24H26ClN5O2. The van der Waals surface area contributed by atoms with Gasteiger partial charge in [0.2, 0.25) is 11.7 Å². The first-order valence-corrected chi connectivity index (χ1v) is 11.3. The average Bonchev–Trinajstić information content (AvgIpc) is 3.36. The monoisotopic (exact) mass is 451 g/mol. The number of piperazine rings is 1. The summed E-state index contributed by atoms with van der Waals surface area (Å²) in [5.74, 6) is 1.24. The molecule has 0 unspecified atom stereocenters. The van der Waals surface area contributed by atoms with Crippen molar-refractivity contribution in [3.63, 3.8) is 0 Å². The molecule has 1 amide bonds. The van der Waals surface area contributed by atoms with Crippen LogP contribution >= 0.6 is 11.6 Å². The topological polar surface area (TPSA) is 74.5 Å². The molecule has 1 aromatic heterocycles. The molecular weight excluding hydrogens is 426 g/mol. The van der Waals surface area contributed by atoms with Crippen molar-refractivity contribution in [2.75, 3.05) is 19.6 Å². The summed E-state index contributed by atoms with van der Waals surface area (Å²) >= 11 is 5.98. The lowest BCUT2D eigenvalue weighted by molar-refractivity contribution is 0.0766. The Hall–Kier alpha value is -2.74. The second-order valence-corrected chi connectivity index (χ2v) is 9.09. The van der Waals surface area contributed by atoms with Gasteiger partial charge in [0.15, 0.2) is 0 Å². The van der Waals surface area contributed by atoms with Crippen molar-refractivity contribution in [1.82, 2.24) is 25.3 Å². The van der Waals surface area contributed by atoms with E-state index in [1.807, 2.05) is 48.2 Å². The maximum absolute atomic E-state index is 13.0. The highest BCUT2D eigenvalue weighted by Crippen LogP contribution is 2.31. The van der Waals surface area contributed by atoms with E-state index in [9.17, 15) is 4.79 Å². The summed E-state index contributed by atoms with van der Waals surface area (Å²) in [6.07, 6.45) is 0. The van der Waals surface area contributed by atoms with E-state index in [-0.39, 0.29) is 5.91 Å². The van der Waals surface area contributed by atoms with Crippen LogP contribution in [0.1, 0.15) is 39.9 Å². The standard InChI is InChI=1S/C24H26ClN5O2/c1-15-9-18(23-27-21(32-28-23)14-29-8-7-26-11-16(29)2)10-19-13-30(24(31)22(15)19)12-17-3-5-20(25)6-4-17/h3-6,9-10,16,26H,7-8,11-14H2,1-2H3/t16-/m1/s1. The number of fused-ring (bicyclic) bond motifs is 1. The molecule has 0 radical (unpaired) electrons. The number of carbonyl (C=O) groups excluding carboxylic acids is 1. The zero-order chi connectivity index (χ0) is 22.2. The number of amides is 1. The zero-order valence-electron chi connectivity index (χ0n) is 18.3. The Morgan fingerprint density at radius 2 is 2.03 bits per heavy atom. The van der Waals surface area contributed by atoms with Crippen molar-refractivity contribution in [3.8, 4) is 11.4 Å². The fourth-order valence-corrected chi connectivity index (χ4v) is 4.65. The van der Waals surface area contributed by atoms with Crippen LogP contribution in [0.5, 0.6) is 0 Å². The first kappa shape index (κ1) is 21.1. The Balaban J connectivity index is 1.34. The van der Waals surface area contributed by atoms with Crippen LogP contribution in [0.4, 0.5) is 0 Å². The second-order valence-electron chi connectivity index (χ2n) is 8.65. The smallest absolute Gasteiger partial charge is 0.255 e. The third kappa shape index (κ3) is 4.16. The fraction of sp³-hybridized carbons (Fsp3) is 0.375. The summed E-state index contributed by atoms with van der Waals surface area (Å²) in [7, 11) is 0. The number of halogens is 1. The van der Waals surface area contributed by atoms with E-state index in [1.54, 1.807) is 0 Å². The molecule has 1 atom stereocenters. The lowest BCUT2D eigenvalue weighted by Crippen LogP contribution is -2.49. The molecule has 3 aromatic rings. The van der Waals surface area contributed by atoms with Gasteiger partial charge in [-0.3, -0.25) is 9.69 Å². The van der Waals surface area contributed by atoms with E-state index in [0.29, 0.717) is 42.4 Å². The molecule has 7 nitrogen and oxygen atoms in total. The Kier molecular flexibility index (Phi) is 5.71. The van der Waals surface area contributed by atoms with Gasteiger partial charge in [0, 0.05) is 54.9 Å². The minimum absolute atomic E-state index is 0.0560. The highest BCUT2D eigenvalue weighted by atomic mass is 35.5. The summed E-state index contributed by atoms with van der Waals surface area (Å²) in [6, 6.07) is 12.0. The third-order valence-electron chi connectivity index (χ3n) is 6.27. The number of hydrogen-bond acceptors (Lipinski definition) is 6. The summed E-state index contributed by atoms with van der Waals surface area (Å²) in [5.41, 5.74) is 4.65. The predicted molar refractivity (Wildman–Crippen MR) is 122 cm³/mol. The van der Waals surface area contributed by atoms with E-state index in [0.717, 1.165) is 47.5 Å².